The number of hydrogen-bond acceptors (Lipinski definition) is 1. The van der Waals surface area contributed by atoms with Gasteiger partial charge in [-0.25, -0.2) is 0 Å². The molecule has 0 amide bonds. The fourth-order valence-electron chi connectivity index (χ4n) is 1.27. The molecule has 2 unspecified atom stereocenters. The zero-order chi connectivity index (χ0) is 7.40. The van der Waals surface area contributed by atoms with Gasteiger partial charge < -0.3 is 5.73 Å². The minimum atomic E-state index is 0.598. The van der Waals surface area contributed by atoms with Crippen LogP contribution in [0.15, 0.2) is 0 Å². The third kappa shape index (κ3) is 2.04. The van der Waals surface area contributed by atoms with Gasteiger partial charge in [0.05, 0.1) is 0 Å². The highest BCUT2D eigenvalue weighted by Gasteiger charge is 2.10. The second-order valence-corrected chi connectivity index (χ2v) is 3.04. The van der Waals surface area contributed by atoms with Crippen molar-refractivity contribution in [1.82, 2.24) is 0 Å². The summed E-state index contributed by atoms with van der Waals surface area (Å²) in [6, 6.07) is 0. The topological polar surface area (TPSA) is 26.0 Å². The van der Waals surface area contributed by atoms with Gasteiger partial charge in [-0.05, 0) is 25.8 Å². The molecule has 0 heterocycles. The summed E-state index contributed by atoms with van der Waals surface area (Å²) >= 11 is 0. The van der Waals surface area contributed by atoms with E-state index in [1.54, 1.807) is 0 Å². The monoisotopic (exact) mass is 137 g/mol. The summed E-state index contributed by atoms with van der Waals surface area (Å²) in [7, 11) is 0. The largest absolute Gasteiger partial charge is 0.330 e. The van der Waals surface area contributed by atoms with Gasteiger partial charge in [-0.3, -0.25) is 0 Å². The zero-order valence-corrected chi connectivity index (χ0v) is 6.56. The van der Waals surface area contributed by atoms with Crippen LogP contribution in [0, 0.1) is 23.7 Å². The third-order valence-corrected chi connectivity index (χ3v) is 2.00. The van der Waals surface area contributed by atoms with E-state index in [0.717, 1.165) is 13.0 Å². The molecule has 1 rings (SSSR count). The van der Waals surface area contributed by atoms with Crippen LogP contribution in [0.5, 0.6) is 0 Å². The Morgan fingerprint density at radius 3 is 2.70 bits per heavy atom. The second-order valence-electron chi connectivity index (χ2n) is 3.04. The van der Waals surface area contributed by atoms with Crippen molar-refractivity contribution in [3.63, 3.8) is 0 Å². The molecule has 1 aliphatic carbocycles. The standard InChI is InChI=1S/C9H15N/c1-8-2-4-9(5-3-8)6-7-10/h8-9H,2,4,6-7,10H2,1H3. The lowest BCUT2D eigenvalue weighted by Crippen LogP contribution is -2.11. The summed E-state index contributed by atoms with van der Waals surface area (Å²) in [4.78, 5) is 0. The predicted octanol–water partition coefficient (Wildman–Crippen LogP) is 1.38. The third-order valence-electron chi connectivity index (χ3n) is 2.00. The maximum Gasteiger partial charge on any atom is 0.0215 e. The van der Waals surface area contributed by atoms with Gasteiger partial charge in [0.15, 0.2) is 0 Å². The summed E-state index contributed by atoms with van der Waals surface area (Å²) in [5, 5.41) is 0. The van der Waals surface area contributed by atoms with E-state index in [1.807, 2.05) is 0 Å². The van der Waals surface area contributed by atoms with E-state index in [2.05, 4.69) is 18.8 Å². The van der Waals surface area contributed by atoms with Crippen LogP contribution in [0.4, 0.5) is 0 Å². The summed E-state index contributed by atoms with van der Waals surface area (Å²) in [6.45, 7) is 2.97. The van der Waals surface area contributed by atoms with E-state index >= 15 is 0 Å². The average Bonchev–Trinajstić information content (AvgIpc) is 1.95. The van der Waals surface area contributed by atoms with Crippen LogP contribution < -0.4 is 5.73 Å². The molecule has 0 saturated carbocycles. The van der Waals surface area contributed by atoms with Crippen LogP contribution in [0.25, 0.3) is 0 Å². The number of rotatable bonds is 2. The van der Waals surface area contributed by atoms with E-state index in [1.165, 1.54) is 12.8 Å². The fraction of sp³-hybridized carbons (Fsp3) is 0.778. The first-order chi connectivity index (χ1) is 4.83. The Morgan fingerprint density at radius 1 is 1.40 bits per heavy atom. The lowest BCUT2D eigenvalue weighted by molar-refractivity contribution is 0.487. The summed E-state index contributed by atoms with van der Waals surface area (Å²) < 4.78 is 0. The number of nitrogens with two attached hydrogens (primary N) is 1. The first kappa shape index (κ1) is 7.63. The van der Waals surface area contributed by atoms with Crippen LogP contribution in [0.1, 0.15) is 26.2 Å². The SMILES string of the molecule is CC1C#CC(CCN)CC1. The Hall–Kier alpha value is -0.480. The van der Waals surface area contributed by atoms with Crippen molar-refractivity contribution in [2.75, 3.05) is 6.54 Å². The molecular formula is C9H15N. The van der Waals surface area contributed by atoms with Crippen molar-refractivity contribution in [2.24, 2.45) is 17.6 Å². The molecule has 0 bridgehead atoms. The van der Waals surface area contributed by atoms with Gasteiger partial charge in [-0.15, -0.1) is 0 Å². The molecular weight excluding hydrogens is 122 g/mol. The van der Waals surface area contributed by atoms with Crippen LogP contribution in [-0.2, 0) is 0 Å². The molecule has 1 aliphatic rings. The van der Waals surface area contributed by atoms with Crippen molar-refractivity contribution >= 4 is 0 Å². The highest BCUT2D eigenvalue weighted by atomic mass is 14.5. The van der Waals surface area contributed by atoms with Gasteiger partial charge in [0, 0.05) is 11.8 Å². The van der Waals surface area contributed by atoms with Crippen molar-refractivity contribution < 1.29 is 0 Å². The summed E-state index contributed by atoms with van der Waals surface area (Å²) in [5.41, 5.74) is 5.43. The quantitative estimate of drug-likeness (QED) is 0.572. The lowest BCUT2D eigenvalue weighted by atomic mass is 9.90. The van der Waals surface area contributed by atoms with Gasteiger partial charge >= 0.3 is 0 Å². The van der Waals surface area contributed by atoms with Gasteiger partial charge in [0.1, 0.15) is 0 Å². The van der Waals surface area contributed by atoms with E-state index in [0.29, 0.717) is 11.8 Å². The van der Waals surface area contributed by atoms with Crippen LogP contribution in [-0.4, -0.2) is 6.54 Å². The van der Waals surface area contributed by atoms with Gasteiger partial charge in [-0.1, -0.05) is 18.8 Å². The molecule has 0 aromatic heterocycles. The van der Waals surface area contributed by atoms with Crippen LogP contribution in [0.2, 0.25) is 0 Å². The predicted molar refractivity (Wildman–Crippen MR) is 43.3 cm³/mol. The Morgan fingerprint density at radius 2 is 2.20 bits per heavy atom. The Balaban J connectivity index is 2.36. The van der Waals surface area contributed by atoms with Gasteiger partial charge in [-0.2, -0.15) is 0 Å². The van der Waals surface area contributed by atoms with Crippen molar-refractivity contribution in [1.29, 1.82) is 0 Å². The normalized spacial score (nSPS) is 31.0. The molecule has 0 fully saturated rings. The van der Waals surface area contributed by atoms with Crippen LogP contribution >= 0.6 is 0 Å². The molecule has 0 saturated heterocycles. The van der Waals surface area contributed by atoms with Crippen molar-refractivity contribution in [3.8, 4) is 11.8 Å². The molecule has 1 nitrogen and oxygen atoms in total. The average molecular weight is 137 g/mol. The molecule has 2 atom stereocenters. The molecule has 0 aliphatic heterocycles. The summed E-state index contributed by atoms with van der Waals surface area (Å²) in [5.74, 6) is 7.67. The van der Waals surface area contributed by atoms with Crippen molar-refractivity contribution in [3.05, 3.63) is 0 Å². The summed E-state index contributed by atoms with van der Waals surface area (Å²) in [6.07, 6.45) is 3.60. The molecule has 0 spiro atoms. The molecule has 0 aromatic rings. The highest BCUT2D eigenvalue weighted by molar-refractivity contribution is 5.10. The van der Waals surface area contributed by atoms with Gasteiger partial charge in [0.25, 0.3) is 0 Å². The Kier molecular flexibility index (Phi) is 2.77. The fourth-order valence-corrected chi connectivity index (χ4v) is 1.27. The molecule has 56 valence electrons. The maximum atomic E-state index is 5.43. The molecule has 10 heavy (non-hydrogen) atoms. The smallest absolute Gasteiger partial charge is 0.0215 e. The molecule has 2 N–H and O–H groups in total. The second kappa shape index (κ2) is 3.63. The van der Waals surface area contributed by atoms with Crippen molar-refractivity contribution in [2.45, 2.75) is 26.2 Å². The number of hydrogen-bond donors (Lipinski definition) is 1. The molecule has 1 heteroatoms. The first-order valence-electron chi connectivity index (χ1n) is 4.04. The zero-order valence-electron chi connectivity index (χ0n) is 6.56. The van der Waals surface area contributed by atoms with E-state index in [-0.39, 0.29) is 0 Å². The first-order valence-corrected chi connectivity index (χ1v) is 4.04. The van der Waals surface area contributed by atoms with Gasteiger partial charge in [0.2, 0.25) is 0 Å². The van der Waals surface area contributed by atoms with E-state index in [9.17, 15) is 0 Å². The Labute approximate surface area is 63.0 Å². The Bertz CT molecular complexity index is 152. The van der Waals surface area contributed by atoms with E-state index < -0.39 is 0 Å². The minimum Gasteiger partial charge on any atom is -0.330 e. The molecule has 0 radical (unpaired) electrons. The minimum absolute atomic E-state index is 0.598. The maximum absolute atomic E-state index is 5.43. The van der Waals surface area contributed by atoms with Crippen LogP contribution in [0.3, 0.4) is 0 Å². The lowest BCUT2D eigenvalue weighted by Gasteiger charge is -2.15. The molecule has 0 aromatic carbocycles. The van der Waals surface area contributed by atoms with E-state index in [4.69, 9.17) is 5.73 Å². The highest BCUT2D eigenvalue weighted by Crippen LogP contribution is 2.18.